The average Bonchev–Trinajstić information content (AvgIpc) is 2.82. The van der Waals surface area contributed by atoms with Crippen LogP contribution >= 0.6 is 0 Å². The van der Waals surface area contributed by atoms with Crippen molar-refractivity contribution in [2.75, 3.05) is 0 Å². The summed E-state index contributed by atoms with van der Waals surface area (Å²) >= 11 is 0. The van der Waals surface area contributed by atoms with Crippen molar-refractivity contribution in [2.24, 2.45) is 0 Å². The lowest BCUT2D eigenvalue weighted by Gasteiger charge is -2.06. The molecule has 0 radical (unpaired) electrons. The zero-order valence-electron chi connectivity index (χ0n) is 9.37. The third kappa shape index (κ3) is 2.72. The molecule has 2 rings (SSSR count). The molecule has 2 aromatic rings. The molecule has 0 spiro atoms. The van der Waals surface area contributed by atoms with E-state index in [1.807, 2.05) is 0 Å². The average molecular weight is 233 g/mol. The van der Waals surface area contributed by atoms with Gasteiger partial charge in [-0.2, -0.15) is 0 Å². The number of halogens is 1. The maximum Gasteiger partial charge on any atom is 0.252 e. The first-order valence-electron chi connectivity index (χ1n) is 5.23. The number of amides is 1. The summed E-state index contributed by atoms with van der Waals surface area (Å²) in [5, 5.41) is 2.67. The van der Waals surface area contributed by atoms with Gasteiger partial charge in [0.15, 0.2) is 0 Å². The Morgan fingerprint density at radius 3 is 2.94 bits per heavy atom. The van der Waals surface area contributed by atoms with E-state index in [1.165, 1.54) is 18.4 Å². The molecule has 0 saturated heterocycles. The predicted molar refractivity (Wildman–Crippen MR) is 61.0 cm³/mol. The quantitative estimate of drug-likeness (QED) is 0.885. The fourth-order valence-electron chi connectivity index (χ4n) is 1.51. The fraction of sp³-hybridized carbons (Fsp3) is 0.154. The van der Waals surface area contributed by atoms with E-state index in [1.54, 1.807) is 25.1 Å². The Hall–Kier alpha value is -2.10. The molecule has 1 N–H and O–H groups in total. The van der Waals surface area contributed by atoms with Crippen LogP contribution < -0.4 is 5.32 Å². The molecule has 1 aromatic carbocycles. The fourth-order valence-corrected chi connectivity index (χ4v) is 1.51. The third-order valence-corrected chi connectivity index (χ3v) is 2.45. The van der Waals surface area contributed by atoms with Crippen molar-refractivity contribution < 1.29 is 13.6 Å². The highest BCUT2D eigenvalue weighted by Gasteiger charge is 2.10. The smallest absolute Gasteiger partial charge is 0.252 e. The highest BCUT2D eigenvalue weighted by Crippen LogP contribution is 2.10. The number of benzene rings is 1. The van der Waals surface area contributed by atoms with Crippen molar-refractivity contribution >= 4 is 5.91 Å². The topological polar surface area (TPSA) is 42.2 Å². The molecule has 0 fully saturated rings. The minimum absolute atomic E-state index is 0.293. The number of hydrogen-bond acceptors (Lipinski definition) is 2. The number of rotatable bonds is 3. The van der Waals surface area contributed by atoms with Crippen LogP contribution in [0.25, 0.3) is 0 Å². The van der Waals surface area contributed by atoms with Crippen molar-refractivity contribution in [1.82, 2.24) is 5.32 Å². The van der Waals surface area contributed by atoms with Crippen molar-refractivity contribution in [3.63, 3.8) is 0 Å². The van der Waals surface area contributed by atoms with E-state index in [9.17, 15) is 9.18 Å². The molecule has 3 nitrogen and oxygen atoms in total. The first-order chi connectivity index (χ1) is 8.16. The molecule has 88 valence electrons. The minimum atomic E-state index is -0.418. The standard InChI is InChI=1S/C13H12FNO2/c1-9-4-5-10(14)7-12(9)13(16)15-8-11-3-2-6-17-11/h2-7H,8H2,1H3,(H,15,16). The van der Waals surface area contributed by atoms with Crippen LogP contribution in [0.3, 0.4) is 0 Å². The molecule has 4 heteroatoms. The van der Waals surface area contributed by atoms with Gasteiger partial charge in [-0.05, 0) is 36.8 Å². The highest BCUT2D eigenvalue weighted by molar-refractivity contribution is 5.95. The van der Waals surface area contributed by atoms with Crippen molar-refractivity contribution in [3.05, 3.63) is 59.3 Å². The monoisotopic (exact) mass is 233 g/mol. The molecule has 1 heterocycles. The summed E-state index contributed by atoms with van der Waals surface area (Å²) in [6, 6.07) is 7.65. The second kappa shape index (κ2) is 4.82. The Kier molecular flexibility index (Phi) is 3.23. The highest BCUT2D eigenvalue weighted by atomic mass is 19.1. The van der Waals surface area contributed by atoms with Crippen LogP contribution in [0, 0.1) is 12.7 Å². The number of carbonyl (C=O) groups excluding carboxylic acids is 1. The second-order valence-electron chi connectivity index (χ2n) is 3.72. The summed E-state index contributed by atoms with van der Waals surface area (Å²) in [4.78, 5) is 11.8. The Bertz CT molecular complexity index is 520. The Morgan fingerprint density at radius 1 is 1.41 bits per heavy atom. The SMILES string of the molecule is Cc1ccc(F)cc1C(=O)NCc1ccco1. The molecule has 0 aliphatic heterocycles. The molecule has 0 atom stereocenters. The molecule has 0 aliphatic rings. The molecule has 0 aliphatic carbocycles. The van der Waals surface area contributed by atoms with E-state index in [4.69, 9.17) is 4.42 Å². The van der Waals surface area contributed by atoms with Crippen LogP contribution in [0.2, 0.25) is 0 Å². The van der Waals surface area contributed by atoms with Crippen molar-refractivity contribution in [1.29, 1.82) is 0 Å². The lowest BCUT2D eigenvalue weighted by Crippen LogP contribution is -2.23. The lowest BCUT2D eigenvalue weighted by atomic mass is 10.1. The van der Waals surface area contributed by atoms with Crippen LogP contribution in [-0.4, -0.2) is 5.91 Å². The molecule has 0 unspecified atom stereocenters. The van der Waals surface area contributed by atoms with E-state index in [0.717, 1.165) is 5.56 Å². The normalized spacial score (nSPS) is 10.2. The van der Waals surface area contributed by atoms with Crippen molar-refractivity contribution in [3.8, 4) is 0 Å². The van der Waals surface area contributed by atoms with E-state index < -0.39 is 5.82 Å². The summed E-state index contributed by atoms with van der Waals surface area (Å²) in [5.74, 6) is -0.0652. The maximum atomic E-state index is 13.0. The summed E-state index contributed by atoms with van der Waals surface area (Å²) in [5.41, 5.74) is 1.08. The first-order valence-corrected chi connectivity index (χ1v) is 5.23. The molecule has 1 amide bonds. The van der Waals surface area contributed by atoms with Gasteiger partial charge in [-0.15, -0.1) is 0 Å². The third-order valence-electron chi connectivity index (χ3n) is 2.45. The van der Waals surface area contributed by atoms with Gasteiger partial charge in [-0.1, -0.05) is 6.07 Å². The van der Waals surface area contributed by atoms with Crippen LogP contribution in [0.15, 0.2) is 41.0 Å². The number of nitrogens with one attached hydrogen (secondary N) is 1. The van der Waals surface area contributed by atoms with E-state index in [-0.39, 0.29) is 5.91 Å². The lowest BCUT2D eigenvalue weighted by molar-refractivity contribution is 0.0947. The molecular formula is C13H12FNO2. The van der Waals surface area contributed by atoms with Gasteiger partial charge in [0.25, 0.3) is 5.91 Å². The van der Waals surface area contributed by atoms with Gasteiger partial charge >= 0.3 is 0 Å². The van der Waals surface area contributed by atoms with Crippen LogP contribution in [0.5, 0.6) is 0 Å². The zero-order chi connectivity index (χ0) is 12.3. The Balaban J connectivity index is 2.07. The zero-order valence-corrected chi connectivity index (χ0v) is 9.37. The molecule has 1 aromatic heterocycles. The van der Waals surface area contributed by atoms with Gasteiger partial charge in [-0.25, -0.2) is 4.39 Å². The first kappa shape index (κ1) is 11.4. The van der Waals surface area contributed by atoms with Gasteiger partial charge in [0.05, 0.1) is 12.8 Å². The minimum Gasteiger partial charge on any atom is -0.467 e. The molecule has 17 heavy (non-hydrogen) atoms. The Morgan fingerprint density at radius 2 is 2.24 bits per heavy atom. The summed E-state index contributed by atoms with van der Waals surface area (Å²) in [6.07, 6.45) is 1.54. The van der Waals surface area contributed by atoms with Crippen LogP contribution in [-0.2, 0) is 6.54 Å². The summed E-state index contributed by atoms with van der Waals surface area (Å²) in [6.45, 7) is 2.06. The van der Waals surface area contributed by atoms with E-state index >= 15 is 0 Å². The molecule has 0 saturated carbocycles. The second-order valence-corrected chi connectivity index (χ2v) is 3.72. The molecule has 0 bridgehead atoms. The van der Waals surface area contributed by atoms with E-state index in [0.29, 0.717) is 17.9 Å². The maximum absolute atomic E-state index is 13.0. The van der Waals surface area contributed by atoms with Gasteiger partial charge < -0.3 is 9.73 Å². The van der Waals surface area contributed by atoms with Crippen LogP contribution in [0.1, 0.15) is 21.7 Å². The van der Waals surface area contributed by atoms with Gasteiger partial charge in [0.1, 0.15) is 11.6 Å². The van der Waals surface area contributed by atoms with Gasteiger partial charge in [-0.3, -0.25) is 4.79 Å². The van der Waals surface area contributed by atoms with Crippen LogP contribution in [0.4, 0.5) is 4.39 Å². The number of carbonyl (C=O) groups is 1. The van der Waals surface area contributed by atoms with Crippen molar-refractivity contribution in [2.45, 2.75) is 13.5 Å². The number of furan rings is 1. The van der Waals surface area contributed by atoms with Gasteiger partial charge in [0.2, 0.25) is 0 Å². The molecular weight excluding hydrogens is 221 g/mol. The number of aryl methyl sites for hydroxylation is 1. The van der Waals surface area contributed by atoms with Gasteiger partial charge in [0, 0.05) is 5.56 Å². The number of hydrogen-bond donors (Lipinski definition) is 1. The summed E-state index contributed by atoms with van der Waals surface area (Å²) in [7, 11) is 0. The summed E-state index contributed by atoms with van der Waals surface area (Å²) < 4.78 is 18.1. The predicted octanol–water partition coefficient (Wildman–Crippen LogP) is 2.66. The Labute approximate surface area is 98.3 Å². The largest absolute Gasteiger partial charge is 0.467 e. The van der Waals surface area contributed by atoms with E-state index in [2.05, 4.69) is 5.32 Å².